The van der Waals surface area contributed by atoms with Gasteiger partial charge < -0.3 is 9.47 Å². The Labute approximate surface area is 163 Å². The van der Waals surface area contributed by atoms with Crippen LogP contribution in [-0.4, -0.2) is 46.0 Å². The maximum Gasteiger partial charge on any atom is 0.338 e. The summed E-state index contributed by atoms with van der Waals surface area (Å²) in [7, 11) is -3.69. The minimum atomic E-state index is -3.69. The maximum atomic E-state index is 12.3. The number of Topliss-reactive ketones (excluding diaryl/α,β-unsaturated/α-hetero) is 1. The first-order chi connectivity index (χ1) is 13.5. The molecule has 1 fully saturated rings. The molecule has 1 aliphatic heterocycles. The van der Waals surface area contributed by atoms with E-state index in [1.807, 2.05) is 0 Å². The van der Waals surface area contributed by atoms with Crippen molar-refractivity contribution in [2.45, 2.75) is 23.8 Å². The predicted octanol–water partition coefficient (Wildman–Crippen LogP) is 2.18. The molecule has 3 rings (SSSR count). The van der Waals surface area contributed by atoms with E-state index >= 15 is 0 Å². The molecule has 28 heavy (non-hydrogen) atoms. The van der Waals surface area contributed by atoms with Crippen molar-refractivity contribution in [2.24, 2.45) is 0 Å². The van der Waals surface area contributed by atoms with Gasteiger partial charge in [-0.05, 0) is 37.1 Å². The van der Waals surface area contributed by atoms with Crippen LogP contribution in [0.2, 0.25) is 0 Å². The van der Waals surface area contributed by atoms with E-state index in [1.54, 1.807) is 30.3 Å². The molecule has 8 heteroatoms. The first kappa shape index (κ1) is 20.2. The standard InChI is InChI=1S/C20H21NO6S/c22-19(15-5-2-1-3-6-15)14-27-20(23)16-8-10-18(11-9-16)28(24,25)21-13-17-7-4-12-26-17/h1-3,5-6,8-11,17,21H,4,7,12-14H2/t17-/m0/s1. The molecule has 2 aromatic carbocycles. The number of hydrogen-bond acceptors (Lipinski definition) is 6. The van der Waals surface area contributed by atoms with Gasteiger partial charge in [-0.25, -0.2) is 17.9 Å². The van der Waals surface area contributed by atoms with E-state index < -0.39 is 16.0 Å². The summed E-state index contributed by atoms with van der Waals surface area (Å²) in [5, 5.41) is 0. The van der Waals surface area contributed by atoms with Crippen LogP contribution in [0.25, 0.3) is 0 Å². The number of sulfonamides is 1. The van der Waals surface area contributed by atoms with Crippen molar-refractivity contribution >= 4 is 21.8 Å². The monoisotopic (exact) mass is 403 g/mol. The SMILES string of the molecule is O=C(COC(=O)c1ccc(S(=O)(=O)NC[C@@H]2CCCO2)cc1)c1ccccc1. The molecule has 148 valence electrons. The van der Waals surface area contributed by atoms with Gasteiger partial charge in [-0.2, -0.15) is 0 Å². The summed E-state index contributed by atoms with van der Waals surface area (Å²) >= 11 is 0. The topological polar surface area (TPSA) is 98.8 Å². The zero-order valence-electron chi connectivity index (χ0n) is 15.2. The molecule has 0 aliphatic carbocycles. The van der Waals surface area contributed by atoms with E-state index in [0.717, 1.165) is 12.8 Å². The Hall–Kier alpha value is -2.55. The Balaban J connectivity index is 1.55. The Morgan fingerprint density at radius 3 is 2.39 bits per heavy atom. The van der Waals surface area contributed by atoms with Gasteiger partial charge in [0.05, 0.1) is 16.6 Å². The number of nitrogens with one attached hydrogen (secondary N) is 1. The average Bonchev–Trinajstić information content (AvgIpc) is 3.25. The molecule has 2 aromatic rings. The summed E-state index contributed by atoms with van der Waals surface area (Å²) < 4.78 is 37.6. The lowest BCUT2D eigenvalue weighted by molar-refractivity contribution is 0.0474. The molecule has 1 N–H and O–H groups in total. The highest BCUT2D eigenvalue weighted by atomic mass is 32.2. The fourth-order valence-corrected chi connectivity index (χ4v) is 3.85. The first-order valence-electron chi connectivity index (χ1n) is 8.92. The maximum absolute atomic E-state index is 12.3. The molecule has 0 saturated carbocycles. The van der Waals surface area contributed by atoms with Crippen molar-refractivity contribution in [2.75, 3.05) is 19.8 Å². The molecule has 1 atom stereocenters. The molecule has 1 heterocycles. The molecule has 0 spiro atoms. The van der Waals surface area contributed by atoms with Crippen molar-refractivity contribution in [1.82, 2.24) is 4.72 Å². The second kappa shape index (κ2) is 9.09. The minimum absolute atomic E-state index is 0.0439. The fraction of sp³-hybridized carbons (Fsp3) is 0.300. The molecule has 0 aromatic heterocycles. The largest absolute Gasteiger partial charge is 0.454 e. The summed E-state index contributed by atoms with van der Waals surface area (Å²) in [6.45, 7) is 0.482. The highest BCUT2D eigenvalue weighted by Crippen LogP contribution is 2.14. The number of benzene rings is 2. The lowest BCUT2D eigenvalue weighted by atomic mass is 10.1. The van der Waals surface area contributed by atoms with Crippen LogP contribution < -0.4 is 4.72 Å². The van der Waals surface area contributed by atoms with Gasteiger partial charge in [0.25, 0.3) is 0 Å². The fourth-order valence-electron chi connectivity index (χ4n) is 2.78. The Bertz CT molecular complexity index is 919. The van der Waals surface area contributed by atoms with Crippen molar-refractivity contribution < 1.29 is 27.5 Å². The highest BCUT2D eigenvalue weighted by molar-refractivity contribution is 7.89. The van der Waals surface area contributed by atoms with E-state index in [-0.39, 0.29) is 35.5 Å². The van der Waals surface area contributed by atoms with Crippen LogP contribution in [0.4, 0.5) is 0 Å². The molecular formula is C20H21NO6S. The highest BCUT2D eigenvalue weighted by Gasteiger charge is 2.21. The summed E-state index contributed by atoms with van der Waals surface area (Å²) in [6.07, 6.45) is 1.65. The summed E-state index contributed by atoms with van der Waals surface area (Å²) in [5.74, 6) is -1.01. The van der Waals surface area contributed by atoms with E-state index in [4.69, 9.17) is 9.47 Å². The lowest BCUT2D eigenvalue weighted by Crippen LogP contribution is -2.31. The summed E-state index contributed by atoms with van der Waals surface area (Å²) in [4.78, 5) is 24.1. The molecule has 0 unspecified atom stereocenters. The van der Waals surface area contributed by atoms with Crippen molar-refractivity contribution in [3.05, 3.63) is 65.7 Å². The Morgan fingerprint density at radius 1 is 1.04 bits per heavy atom. The van der Waals surface area contributed by atoms with Crippen LogP contribution in [0.15, 0.2) is 59.5 Å². The van der Waals surface area contributed by atoms with Crippen molar-refractivity contribution in [3.63, 3.8) is 0 Å². The number of esters is 1. The second-order valence-electron chi connectivity index (χ2n) is 6.38. The van der Waals surface area contributed by atoms with Gasteiger partial charge in [0, 0.05) is 18.7 Å². The zero-order chi connectivity index (χ0) is 20.0. The third-order valence-corrected chi connectivity index (χ3v) is 5.79. The van der Waals surface area contributed by atoms with Gasteiger partial charge in [0.2, 0.25) is 10.0 Å². The lowest BCUT2D eigenvalue weighted by Gasteiger charge is -2.11. The zero-order valence-corrected chi connectivity index (χ0v) is 16.0. The molecule has 0 amide bonds. The predicted molar refractivity (Wildman–Crippen MR) is 102 cm³/mol. The van der Waals surface area contributed by atoms with Crippen molar-refractivity contribution in [1.29, 1.82) is 0 Å². The van der Waals surface area contributed by atoms with Gasteiger partial charge in [-0.3, -0.25) is 4.79 Å². The Morgan fingerprint density at radius 2 is 1.75 bits per heavy atom. The number of ketones is 1. The molecule has 1 saturated heterocycles. The third-order valence-electron chi connectivity index (χ3n) is 4.36. The van der Waals surface area contributed by atoms with E-state index in [0.29, 0.717) is 12.2 Å². The number of carbonyl (C=O) groups excluding carboxylic acids is 2. The quantitative estimate of drug-likeness (QED) is 0.536. The summed E-state index contributed by atoms with van der Waals surface area (Å²) in [5.41, 5.74) is 0.619. The molecule has 0 bridgehead atoms. The number of ether oxygens (including phenoxy) is 2. The van der Waals surface area contributed by atoms with Crippen LogP contribution in [0.5, 0.6) is 0 Å². The molecule has 7 nitrogen and oxygen atoms in total. The molecule has 1 aliphatic rings. The van der Waals surface area contributed by atoms with Gasteiger partial charge >= 0.3 is 5.97 Å². The Kier molecular flexibility index (Phi) is 6.56. The van der Waals surface area contributed by atoms with Crippen LogP contribution in [0, 0.1) is 0 Å². The number of rotatable bonds is 8. The van der Waals surface area contributed by atoms with Crippen LogP contribution >= 0.6 is 0 Å². The average molecular weight is 403 g/mol. The van der Waals surface area contributed by atoms with Gasteiger partial charge in [0.1, 0.15) is 0 Å². The van der Waals surface area contributed by atoms with Gasteiger partial charge in [-0.15, -0.1) is 0 Å². The minimum Gasteiger partial charge on any atom is -0.454 e. The number of carbonyl (C=O) groups is 2. The van der Waals surface area contributed by atoms with Crippen LogP contribution in [0.3, 0.4) is 0 Å². The van der Waals surface area contributed by atoms with E-state index in [1.165, 1.54) is 24.3 Å². The van der Waals surface area contributed by atoms with E-state index in [2.05, 4.69) is 4.72 Å². The molecule has 0 radical (unpaired) electrons. The van der Waals surface area contributed by atoms with Crippen molar-refractivity contribution in [3.8, 4) is 0 Å². The van der Waals surface area contributed by atoms with Gasteiger partial charge in [-0.1, -0.05) is 30.3 Å². The van der Waals surface area contributed by atoms with Crippen LogP contribution in [0.1, 0.15) is 33.6 Å². The smallest absolute Gasteiger partial charge is 0.338 e. The molecular weight excluding hydrogens is 382 g/mol. The normalized spacial score (nSPS) is 16.6. The van der Waals surface area contributed by atoms with Crippen LogP contribution in [-0.2, 0) is 19.5 Å². The second-order valence-corrected chi connectivity index (χ2v) is 8.14. The summed E-state index contributed by atoms with van der Waals surface area (Å²) in [6, 6.07) is 13.9. The first-order valence-corrected chi connectivity index (χ1v) is 10.4. The third kappa shape index (κ3) is 5.25. The number of hydrogen-bond donors (Lipinski definition) is 1. The van der Waals surface area contributed by atoms with E-state index in [9.17, 15) is 18.0 Å². The van der Waals surface area contributed by atoms with Gasteiger partial charge in [0.15, 0.2) is 12.4 Å².